The molecule has 2 aliphatic carbocycles. The predicted molar refractivity (Wildman–Crippen MR) is 252 cm³/mol. The van der Waals surface area contributed by atoms with Gasteiger partial charge in [0.1, 0.15) is 0 Å². The number of allylic oxidation sites excluding steroid dienone is 9. The van der Waals surface area contributed by atoms with Crippen molar-refractivity contribution in [2.45, 2.75) is 26.7 Å². The van der Waals surface area contributed by atoms with Crippen LogP contribution >= 0.6 is 0 Å². The molecule has 10 nitrogen and oxygen atoms in total. The molecule has 0 fully saturated rings. The Balaban J connectivity index is 0.000000148. The van der Waals surface area contributed by atoms with Gasteiger partial charge in [-0.25, -0.2) is 12.2 Å². The van der Waals surface area contributed by atoms with Crippen molar-refractivity contribution in [2.75, 3.05) is 21.7 Å². The average Bonchev–Trinajstić information content (AvgIpc) is 4.04. The summed E-state index contributed by atoms with van der Waals surface area (Å²) in [5.74, 6) is 0. The van der Waals surface area contributed by atoms with Gasteiger partial charge in [-0.1, -0.05) is 116 Å². The number of aryl methyl sites for hydroxylation is 2. The summed E-state index contributed by atoms with van der Waals surface area (Å²) in [6.07, 6.45) is 22.2. The minimum Gasteiger partial charge on any atom is -0.504 e. The van der Waals surface area contributed by atoms with Crippen molar-refractivity contribution in [3.63, 3.8) is 0 Å². The number of benzene rings is 5. The normalized spacial score (nSPS) is 14.2. The van der Waals surface area contributed by atoms with Crippen LogP contribution in [-0.4, -0.2) is 32.6 Å². The molecule has 5 aromatic carbocycles. The summed E-state index contributed by atoms with van der Waals surface area (Å²) in [7, 11) is 2.06. The SMILES string of the molecule is CN1[CH-]N(c2[c-]cccc2)c2ccccc21.Cc1nn[n-]c1-c1ccccc1.Cc1nn[n-]c1-c1ccccc1.[C-]1=CC=CC=C(N2[CH-]N(c3ccccc3)C3=C2C=CCC=C3)C1.[Pt].[Pt]. The molecule has 7 aromatic rings. The van der Waals surface area contributed by atoms with Crippen LogP contribution in [0.2, 0.25) is 0 Å². The molecule has 4 aliphatic rings. The maximum absolute atomic E-state index is 3.92. The Labute approximate surface area is 411 Å². The van der Waals surface area contributed by atoms with Crippen molar-refractivity contribution in [3.8, 4) is 22.5 Å². The molecule has 65 heavy (non-hydrogen) atoms. The smallest absolute Gasteiger partial charge is 0.0341 e. The van der Waals surface area contributed by atoms with Crippen molar-refractivity contribution < 1.29 is 42.1 Å². The largest absolute Gasteiger partial charge is 0.504 e. The number of anilines is 4. The van der Waals surface area contributed by atoms with Gasteiger partial charge in [-0.2, -0.15) is 37.0 Å². The first-order valence-corrected chi connectivity index (χ1v) is 20.7. The molecule has 0 atom stereocenters. The van der Waals surface area contributed by atoms with Gasteiger partial charge < -0.3 is 40.0 Å². The predicted octanol–water partition coefficient (Wildman–Crippen LogP) is 10.9. The van der Waals surface area contributed by atoms with Crippen molar-refractivity contribution in [3.05, 3.63) is 242 Å². The van der Waals surface area contributed by atoms with Crippen molar-refractivity contribution in [1.29, 1.82) is 0 Å². The molecular formula is C53H46N10Pt2-6. The zero-order valence-corrected chi connectivity index (χ0v) is 40.6. The summed E-state index contributed by atoms with van der Waals surface area (Å²) >= 11 is 0. The van der Waals surface area contributed by atoms with Gasteiger partial charge >= 0.3 is 0 Å². The molecule has 0 saturated heterocycles. The maximum Gasteiger partial charge on any atom is 0.0341 e. The van der Waals surface area contributed by atoms with Gasteiger partial charge in [0.05, 0.1) is 0 Å². The molecule has 2 aliphatic heterocycles. The Hall–Kier alpha value is -6.60. The fraction of sp³-hybridized carbons (Fsp3) is 0.0943. The quantitative estimate of drug-likeness (QED) is 0.155. The fourth-order valence-electron chi connectivity index (χ4n) is 7.18. The van der Waals surface area contributed by atoms with Crippen LogP contribution in [0, 0.1) is 39.3 Å². The van der Waals surface area contributed by atoms with Crippen LogP contribution in [0.1, 0.15) is 24.2 Å². The Kier molecular flexibility index (Phi) is 17.6. The van der Waals surface area contributed by atoms with E-state index in [9.17, 15) is 0 Å². The molecule has 12 heteroatoms. The van der Waals surface area contributed by atoms with Crippen LogP contribution in [0.4, 0.5) is 22.7 Å². The first-order chi connectivity index (χ1) is 31.0. The van der Waals surface area contributed by atoms with Crippen LogP contribution in [0.5, 0.6) is 0 Å². The van der Waals surface area contributed by atoms with E-state index >= 15 is 0 Å². The second kappa shape index (κ2) is 23.9. The third-order valence-electron chi connectivity index (χ3n) is 10.3. The summed E-state index contributed by atoms with van der Waals surface area (Å²) in [4.78, 5) is 8.79. The second-order valence-electron chi connectivity index (χ2n) is 14.6. The van der Waals surface area contributed by atoms with Crippen LogP contribution < -0.4 is 24.9 Å². The van der Waals surface area contributed by atoms with Crippen molar-refractivity contribution >= 4 is 22.7 Å². The Bertz CT molecular complexity index is 2660. The molecule has 0 bridgehead atoms. The van der Waals surface area contributed by atoms with Crippen LogP contribution in [0.3, 0.4) is 0 Å². The average molecular weight is 1210 g/mol. The van der Waals surface area contributed by atoms with E-state index in [-0.39, 0.29) is 42.1 Å². The van der Waals surface area contributed by atoms with Gasteiger partial charge in [-0.3, -0.25) is 16.5 Å². The Morgan fingerprint density at radius 1 is 0.585 bits per heavy atom. The number of rotatable bonds is 5. The van der Waals surface area contributed by atoms with Gasteiger partial charge in [0, 0.05) is 70.6 Å². The van der Waals surface area contributed by atoms with Gasteiger partial charge in [-0.15, -0.1) is 18.4 Å². The first-order valence-electron chi connectivity index (χ1n) is 20.7. The minimum atomic E-state index is 0. The Morgan fingerprint density at radius 3 is 1.71 bits per heavy atom. The summed E-state index contributed by atoms with van der Waals surface area (Å²) in [5.41, 5.74) is 13.9. The molecule has 0 saturated carbocycles. The number of hydrogen-bond acceptors (Lipinski definition) is 8. The number of nitrogens with zero attached hydrogens (tertiary/aromatic N) is 10. The van der Waals surface area contributed by atoms with E-state index in [1.165, 1.54) is 34.2 Å². The summed E-state index contributed by atoms with van der Waals surface area (Å²) in [6.45, 7) is 8.06. The molecule has 0 radical (unpaired) electrons. The zero-order chi connectivity index (χ0) is 43.2. The first kappa shape index (κ1) is 47.9. The molecule has 2 aromatic heterocycles. The standard InChI is InChI=1S/C21H18N2.C14H12N2.2C9H8N3.2Pt/c1-2-6-12-18(11-5-1)22-17-23(19-13-7-3-8-14-19)21-16-10-4-9-15-20(21)22;1-15-11-16(12-7-3-2-4-8-12)14-10-6-5-9-13(14)15;2*1-7-9(11-12-10-7)8-5-3-2-4-6-8;;/h1-3,5,7-11,13-17H,4,12H2;2-7,9-11H,1H3;2*2-6H,1H3;;/q2*-2;2*-1;;. The van der Waals surface area contributed by atoms with Crippen LogP contribution in [0.15, 0.2) is 205 Å². The van der Waals surface area contributed by atoms with Crippen LogP contribution in [-0.2, 0) is 42.1 Å². The zero-order valence-electron chi connectivity index (χ0n) is 36.1. The minimum absolute atomic E-state index is 0. The van der Waals surface area contributed by atoms with E-state index in [0.717, 1.165) is 52.4 Å². The van der Waals surface area contributed by atoms with Crippen molar-refractivity contribution in [1.82, 2.24) is 35.7 Å². The number of fused-ring (bicyclic) bond motifs is 1. The van der Waals surface area contributed by atoms with E-state index in [2.05, 4.69) is 174 Å². The van der Waals surface area contributed by atoms with E-state index in [1.54, 1.807) is 0 Å². The molecular weight excluding hydrogens is 1170 g/mol. The molecule has 0 spiro atoms. The molecule has 0 amide bonds. The van der Waals surface area contributed by atoms with Gasteiger partial charge in [0.15, 0.2) is 0 Å². The van der Waals surface area contributed by atoms with Gasteiger partial charge in [0.25, 0.3) is 0 Å². The van der Waals surface area contributed by atoms with Gasteiger partial charge in [0.2, 0.25) is 0 Å². The molecule has 4 heterocycles. The summed E-state index contributed by atoms with van der Waals surface area (Å²) in [5, 5.41) is 22.7. The van der Waals surface area contributed by atoms with Gasteiger partial charge in [-0.05, 0) is 103 Å². The molecule has 0 unspecified atom stereocenters. The summed E-state index contributed by atoms with van der Waals surface area (Å²) in [6, 6.07) is 49.9. The third kappa shape index (κ3) is 12.0. The Morgan fingerprint density at radius 2 is 1.14 bits per heavy atom. The topological polar surface area (TPSA) is 92.7 Å². The maximum atomic E-state index is 3.92. The summed E-state index contributed by atoms with van der Waals surface area (Å²) < 4.78 is 0. The fourth-order valence-corrected chi connectivity index (χ4v) is 7.18. The number of aromatic nitrogens is 6. The van der Waals surface area contributed by atoms with Crippen LogP contribution in [0.25, 0.3) is 22.5 Å². The number of hydrogen-bond donors (Lipinski definition) is 0. The second-order valence-corrected chi connectivity index (χ2v) is 14.6. The number of para-hydroxylation sites is 4. The van der Waals surface area contributed by atoms with Crippen molar-refractivity contribution in [2.24, 2.45) is 0 Å². The third-order valence-corrected chi connectivity index (χ3v) is 10.3. The molecule has 0 N–H and O–H groups in total. The van der Waals surface area contributed by atoms with E-state index < -0.39 is 0 Å². The van der Waals surface area contributed by atoms with E-state index in [4.69, 9.17) is 0 Å². The molecule has 11 rings (SSSR count). The molecule has 334 valence electrons. The monoisotopic (exact) mass is 1210 g/mol. The van der Waals surface area contributed by atoms with E-state index in [0.29, 0.717) is 0 Å². The van der Waals surface area contributed by atoms with E-state index in [1.807, 2.05) is 111 Å².